The number of para-hydroxylation sites is 1. The van der Waals surface area contributed by atoms with Gasteiger partial charge in [0.05, 0.1) is 0 Å². The second-order valence-electron chi connectivity index (χ2n) is 14.1. The van der Waals surface area contributed by atoms with Crippen molar-refractivity contribution in [3.63, 3.8) is 0 Å². The zero-order valence-corrected chi connectivity index (χ0v) is 28.8. The lowest BCUT2D eigenvalue weighted by atomic mass is 9.81. The Kier molecular flexibility index (Phi) is 6.80. The zero-order valence-electron chi connectivity index (χ0n) is 28.8. The summed E-state index contributed by atoms with van der Waals surface area (Å²) in [6.07, 6.45) is 0. The van der Waals surface area contributed by atoms with Crippen LogP contribution in [0.15, 0.2) is 168 Å². The molecule has 2 aromatic heterocycles. The number of fused-ring (bicyclic) bond motifs is 6. The first-order valence-corrected chi connectivity index (χ1v) is 17.7. The van der Waals surface area contributed by atoms with E-state index in [0.29, 0.717) is 17.5 Å². The third-order valence-electron chi connectivity index (χ3n) is 10.5. The summed E-state index contributed by atoms with van der Waals surface area (Å²) in [6, 6.07) is 57.3. The van der Waals surface area contributed by atoms with E-state index in [1.807, 2.05) is 72.8 Å². The molecule has 7 aromatic carbocycles. The van der Waals surface area contributed by atoms with E-state index < -0.39 is 0 Å². The first kappa shape index (κ1) is 30.2. The third kappa shape index (κ3) is 4.95. The van der Waals surface area contributed by atoms with Crippen LogP contribution in [0.5, 0.6) is 0 Å². The number of benzene rings is 7. The molecule has 0 amide bonds. The summed E-state index contributed by atoms with van der Waals surface area (Å²) in [4.78, 5) is 14.8. The Hall–Kier alpha value is -6.65. The Labute approximate surface area is 302 Å². The summed E-state index contributed by atoms with van der Waals surface area (Å²) >= 11 is 0. The molecule has 10 rings (SSSR count). The fraction of sp³-hybridized carbons (Fsp3) is 0.0625. The van der Waals surface area contributed by atoms with E-state index in [4.69, 9.17) is 19.4 Å². The van der Waals surface area contributed by atoms with Gasteiger partial charge in [0.1, 0.15) is 11.2 Å². The molecule has 4 heteroatoms. The Morgan fingerprint density at radius 1 is 0.365 bits per heavy atom. The molecule has 0 radical (unpaired) electrons. The Bertz CT molecular complexity index is 2760. The maximum Gasteiger partial charge on any atom is 0.164 e. The van der Waals surface area contributed by atoms with Crippen LogP contribution >= 0.6 is 0 Å². The van der Waals surface area contributed by atoms with Crippen LogP contribution in [0.3, 0.4) is 0 Å². The van der Waals surface area contributed by atoms with Gasteiger partial charge in [0.2, 0.25) is 0 Å². The Balaban J connectivity index is 1.02. The van der Waals surface area contributed by atoms with Gasteiger partial charge >= 0.3 is 0 Å². The van der Waals surface area contributed by atoms with Crippen LogP contribution in [0.2, 0.25) is 0 Å². The van der Waals surface area contributed by atoms with Crippen molar-refractivity contribution in [3.8, 4) is 67.5 Å². The van der Waals surface area contributed by atoms with E-state index in [1.165, 1.54) is 38.8 Å². The summed E-state index contributed by atoms with van der Waals surface area (Å²) in [7, 11) is 0. The molecule has 52 heavy (non-hydrogen) atoms. The first-order valence-electron chi connectivity index (χ1n) is 17.7. The van der Waals surface area contributed by atoms with Crippen molar-refractivity contribution in [3.05, 3.63) is 175 Å². The molecular weight excluding hydrogens is 635 g/mol. The van der Waals surface area contributed by atoms with Gasteiger partial charge in [-0.1, -0.05) is 141 Å². The molecule has 0 aliphatic heterocycles. The van der Waals surface area contributed by atoms with E-state index in [0.717, 1.165) is 44.4 Å². The van der Waals surface area contributed by atoms with Crippen LogP contribution in [-0.4, -0.2) is 15.0 Å². The highest BCUT2D eigenvalue weighted by atomic mass is 16.3. The van der Waals surface area contributed by atoms with Crippen LogP contribution in [0.25, 0.3) is 89.5 Å². The summed E-state index contributed by atoms with van der Waals surface area (Å²) in [5, 5.41) is 2.34. The van der Waals surface area contributed by atoms with E-state index in [2.05, 4.69) is 105 Å². The highest BCUT2D eigenvalue weighted by molar-refractivity contribution is 6.07. The molecule has 0 unspecified atom stereocenters. The molecule has 9 aromatic rings. The van der Waals surface area contributed by atoms with Gasteiger partial charge in [-0.2, -0.15) is 0 Å². The van der Waals surface area contributed by atoms with Crippen LogP contribution in [0.1, 0.15) is 25.0 Å². The van der Waals surface area contributed by atoms with Crippen LogP contribution < -0.4 is 0 Å². The number of aromatic nitrogens is 3. The number of nitrogens with zero attached hydrogens (tertiary/aromatic N) is 3. The fourth-order valence-electron chi connectivity index (χ4n) is 7.79. The second kappa shape index (κ2) is 11.7. The minimum atomic E-state index is -0.152. The highest BCUT2D eigenvalue weighted by Gasteiger charge is 2.36. The molecule has 2 heterocycles. The van der Waals surface area contributed by atoms with E-state index in [-0.39, 0.29) is 5.41 Å². The van der Waals surface area contributed by atoms with Crippen molar-refractivity contribution in [2.24, 2.45) is 0 Å². The molecule has 0 spiro atoms. The SMILES string of the molecule is CC1(C)c2cc(-c3cccc(-c4cccc(-c5nc(-c6ccccc6)nc(-c6ccccc6)n5)c4)c3)ccc2-c2cc3oc4ccccc4c3cc21. The molecule has 0 fully saturated rings. The van der Waals surface area contributed by atoms with Crippen LogP contribution in [-0.2, 0) is 5.41 Å². The van der Waals surface area contributed by atoms with Crippen molar-refractivity contribution in [2.75, 3.05) is 0 Å². The fourth-order valence-corrected chi connectivity index (χ4v) is 7.79. The molecule has 0 N–H and O–H groups in total. The molecule has 4 nitrogen and oxygen atoms in total. The van der Waals surface area contributed by atoms with Gasteiger partial charge in [0, 0.05) is 32.9 Å². The van der Waals surface area contributed by atoms with Gasteiger partial charge in [0.25, 0.3) is 0 Å². The maximum absolute atomic E-state index is 6.29. The first-order chi connectivity index (χ1) is 25.5. The molecule has 1 aliphatic rings. The molecule has 0 saturated heterocycles. The van der Waals surface area contributed by atoms with E-state index in [1.54, 1.807) is 0 Å². The quantitative estimate of drug-likeness (QED) is 0.183. The zero-order chi connectivity index (χ0) is 34.8. The van der Waals surface area contributed by atoms with Crippen molar-refractivity contribution in [1.29, 1.82) is 0 Å². The molecule has 0 bridgehead atoms. The lowest BCUT2D eigenvalue weighted by Crippen LogP contribution is -2.15. The number of rotatable bonds is 5. The monoisotopic (exact) mass is 667 g/mol. The topological polar surface area (TPSA) is 51.8 Å². The van der Waals surface area contributed by atoms with Gasteiger partial charge in [-0.25, -0.2) is 15.0 Å². The normalized spacial score (nSPS) is 13.0. The van der Waals surface area contributed by atoms with Gasteiger partial charge in [-0.05, 0) is 80.9 Å². The Morgan fingerprint density at radius 3 is 1.52 bits per heavy atom. The number of hydrogen-bond acceptors (Lipinski definition) is 4. The summed E-state index contributed by atoms with van der Waals surface area (Å²) < 4.78 is 6.29. The lowest BCUT2D eigenvalue weighted by Gasteiger charge is -2.22. The molecule has 1 aliphatic carbocycles. The van der Waals surface area contributed by atoms with E-state index in [9.17, 15) is 0 Å². The minimum Gasteiger partial charge on any atom is -0.456 e. The van der Waals surface area contributed by atoms with Gasteiger partial charge < -0.3 is 4.42 Å². The van der Waals surface area contributed by atoms with Crippen molar-refractivity contribution < 1.29 is 4.42 Å². The maximum atomic E-state index is 6.29. The largest absolute Gasteiger partial charge is 0.456 e. The molecular formula is C48H33N3O. The molecule has 0 saturated carbocycles. The number of furan rings is 1. The summed E-state index contributed by atoms with van der Waals surface area (Å²) in [6.45, 7) is 4.68. The average Bonchev–Trinajstić information content (AvgIpc) is 3.68. The van der Waals surface area contributed by atoms with Crippen LogP contribution in [0, 0.1) is 0 Å². The lowest BCUT2D eigenvalue weighted by molar-refractivity contribution is 0.658. The molecule has 0 atom stereocenters. The van der Waals surface area contributed by atoms with Gasteiger partial charge in [0.15, 0.2) is 17.5 Å². The Morgan fingerprint density at radius 2 is 0.865 bits per heavy atom. The second-order valence-corrected chi connectivity index (χ2v) is 14.1. The third-order valence-corrected chi connectivity index (χ3v) is 10.5. The van der Waals surface area contributed by atoms with Crippen LogP contribution in [0.4, 0.5) is 0 Å². The highest BCUT2D eigenvalue weighted by Crippen LogP contribution is 2.51. The average molecular weight is 668 g/mol. The molecule has 246 valence electrons. The van der Waals surface area contributed by atoms with Crippen molar-refractivity contribution in [1.82, 2.24) is 15.0 Å². The standard InChI is InChI=1S/C48H33N3O/c1-48(2)41-27-35(23-24-37(41)39-29-44-40(28-42(39)48)38-21-9-10-22-43(38)52-44)33-18-11-17-32(25-33)34-19-12-20-36(26-34)47-50-45(30-13-5-3-6-14-30)49-46(51-47)31-15-7-4-8-16-31/h3-29H,1-2H3. The predicted molar refractivity (Wildman–Crippen MR) is 212 cm³/mol. The summed E-state index contributed by atoms with van der Waals surface area (Å²) in [5.74, 6) is 1.95. The summed E-state index contributed by atoms with van der Waals surface area (Å²) in [5.41, 5.74) is 14.4. The number of hydrogen-bond donors (Lipinski definition) is 0. The predicted octanol–water partition coefficient (Wildman–Crippen LogP) is 12.4. The smallest absolute Gasteiger partial charge is 0.164 e. The van der Waals surface area contributed by atoms with Gasteiger partial charge in [-0.3, -0.25) is 0 Å². The van der Waals surface area contributed by atoms with E-state index >= 15 is 0 Å². The minimum absolute atomic E-state index is 0.152. The van der Waals surface area contributed by atoms with Crippen molar-refractivity contribution >= 4 is 21.9 Å². The van der Waals surface area contributed by atoms with Gasteiger partial charge in [-0.15, -0.1) is 0 Å². The van der Waals surface area contributed by atoms with Crippen molar-refractivity contribution in [2.45, 2.75) is 19.3 Å².